The number of carbonyl (C=O) groups is 1. The fraction of sp³-hybridized carbons (Fsp3) is 0. The highest BCUT2D eigenvalue weighted by molar-refractivity contribution is 6.03. The van der Waals surface area contributed by atoms with Crippen molar-refractivity contribution in [3.8, 4) is 17.1 Å². The van der Waals surface area contributed by atoms with E-state index >= 15 is 0 Å². The molecule has 5 aromatic rings. The van der Waals surface area contributed by atoms with Crippen molar-refractivity contribution in [1.29, 1.82) is 0 Å². The third-order valence-electron chi connectivity index (χ3n) is 4.60. The lowest BCUT2D eigenvalue weighted by Crippen LogP contribution is -2.12. The van der Waals surface area contributed by atoms with Crippen molar-refractivity contribution >= 4 is 22.6 Å². The van der Waals surface area contributed by atoms with E-state index < -0.39 is 0 Å². The molecule has 140 valence electrons. The van der Waals surface area contributed by atoms with Crippen LogP contribution in [0.25, 0.3) is 28.1 Å². The van der Waals surface area contributed by atoms with E-state index in [4.69, 9.17) is 0 Å². The van der Waals surface area contributed by atoms with Crippen LogP contribution < -0.4 is 5.32 Å². The summed E-state index contributed by atoms with van der Waals surface area (Å²) in [7, 11) is 0. The van der Waals surface area contributed by atoms with E-state index in [2.05, 4.69) is 25.5 Å². The highest BCUT2D eigenvalue weighted by Crippen LogP contribution is 2.19. The number of nitrogens with one attached hydrogen (secondary N) is 2. The first-order valence-corrected chi connectivity index (χ1v) is 9.09. The molecule has 0 aliphatic heterocycles. The van der Waals surface area contributed by atoms with Gasteiger partial charge in [-0.3, -0.25) is 14.5 Å². The van der Waals surface area contributed by atoms with Crippen molar-refractivity contribution in [3.05, 3.63) is 91.0 Å². The van der Waals surface area contributed by atoms with Crippen molar-refractivity contribution < 1.29 is 4.79 Å². The fourth-order valence-electron chi connectivity index (χ4n) is 3.14. The number of imidazole rings is 1. The Balaban J connectivity index is 1.34. The Morgan fingerprint density at radius 1 is 0.931 bits per heavy atom. The maximum absolute atomic E-state index is 12.5. The molecule has 7 nitrogen and oxygen atoms in total. The first-order valence-electron chi connectivity index (χ1n) is 9.09. The Bertz CT molecular complexity index is 1290. The topological polar surface area (TPSA) is 88.5 Å². The summed E-state index contributed by atoms with van der Waals surface area (Å²) in [5, 5.41) is 9.83. The molecule has 0 atom stereocenters. The van der Waals surface area contributed by atoms with Crippen molar-refractivity contribution in [1.82, 2.24) is 24.7 Å². The molecular weight excluding hydrogens is 364 g/mol. The molecule has 3 aromatic heterocycles. The highest BCUT2D eigenvalue weighted by atomic mass is 16.1. The van der Waals surface area contributed by atoms with E-state index in [1.54, 1.807) is 18.6 Å². The molecule has 0 spiro atoms. The van der Waals surface area contributed by atoms with Gasteiger partial charge in [-0.2, -0.15) is 5.10 Å². The van der Waals surface area contributed by atoms with Gasteiger partial charge in [0.25, 0.3) is 5.91 Å². The molecule has 0 aliphatic rings. The monoisotopic (exact) mass is 380 g/mol. The molecule has 0 unspecified atom stereocenters. The number of anilines is 1. The molecule has 1 amide bonds. The molecule has 0 saturated carbocycles. The van der Waals surface area contributed by atoms with E-state index in [0.717, 1.165) is 28.1 Å². The van der Waals surface area contributed by atoms with Crippen molar-refractivity contribution in [2.75, 3.05) is 5.32 Å². The van der Waals surface area contributed by atoms with E-state index in [-0.39, 0.29) is 5.91 Å². The summed E-state index contributed by atoms with van der Waals surface area (Å²) in [6.45, 7) is 0. The predicted octanol–water partition coefficient (Wildman–Crippen LogP) is 4.06. The Morgan fingerprint density at radius 2 is 1.76 bits per heavy atom. The van der Waals surface area contributed by atoms with Gasteiger partial charge in [0.1, 0.15) is 17.8 Å². The standard InChI is InChI=1S/C22H16N6O/c29-22(19-12-18(26-27-19)15-6-2-1-3-7-15)25-16-10-11-21(23-13-16)28-14-24-17-8-4-5-9-20(17)28/h1-14H,(H,25,29)(H,26,27). The van der Waals surface area contributed by atoms with Gasteiger partial charge in [-0.05, 0) is 30.3 Å². The third-order valence-corrected chi connectivity index (χ3v) is 4.60. The maximum atomic E-state index is 12.5. The van der Waals surface area contributed by atoms with E-state index in [9.17, 15) is 4.79 Å². The SMILES string of the molecule is O=C(Nc1ccc(-n2cnc3ccccc32)nc1)c1cc(-c2ccccc2)n[nH]1. The number of hydrogen-bond acceptors (Lipinski definition) is 4. The summed E-state index contributed by atoms with van der Waals surface area (Å²) >= 11 is 0. The molecule has 0 saturated heterocycles. The van der Waals surface area contributed by atoms with Crippen LogP contribution in [0.4, 0.5) is 5.69 Å². The third kappa shape index (κ3) is 3.25. The second-order valence-electron chi connectivity index (χ2n) is 6.50. The van der Waals surface area contributed by atoms with E-state index in [0.29, 0.717) is 11.4 Å². The first-order chi connectivity index (χ1) is 14.3. The number of carbonyl (C=O) groups excluding carboxylic acids is 1. The number of para-hydroxylation sites is 2. The van der Waals surface area contributed by atoms with Crippen LogP contribution in [-0.4, -0.2) is 30.6 Å². The minimum Gasteiger partial charge on any atom is -0.319 e. The molecular formula is C22H16N6O. The summed E-state index contributed by atoms with van der Waals surface area (Å²) < 4.78 is 1.90. The van der Waals surface area contributed by atoms with Crippen LogP contribution in [0.15, 0.2) is 85.3 Å². The molecule has 29 heavy (non-hydrogen) atoms. The molecule has 0 bridgehead atoms. The van der Waals surface area contributed by atoms with Gasteiger partial charge in [-0.1, -0.05) is 42.5 Å². The predicted molar refractivity (Wildman–Crippen MR) is 111 cm³/mol. The highest BCUT2D eigenvalue weighted by Gasteiger charge is 2.12. The maximum Gasteiger partial charge on any atom is 0.273 e. The van der Waals surface area contributed by atoms with Crippen molar-refractivity contribution in [3.63, 3.8) is 0 Å². The Labute approximate surface area is 166 Å². The van der Waals surface area contributed by atoms with Crippen molar-refractivity contribution in [2.24, 2.45) is 0 Å². The van der Waals surface area contributed by atoms with Crippen LogP contribution in [0.3, 0.4) is 0 Å². The summed E-state index contributed by atoms with van der Waals surface area (Å²) in [5.41, 5.74) is 4.52. The molecule has 2 aromatic carbocycles. The van der Waals surface area contributed by atoms with Gasteiger partial charge in [0, 0.05) is 5.56 Å². The van der Waals surface area contributed by atoms with Gasteiger partial charge >= 0.3 is 0 Å². The minimum atomic E-state index is -0.276. The van der Waals surface area contributed by atoms with Gasteiger partial charge in [0.05, 0.1) is 28.6 Å². The number of fused-ring (bicyclic) bond motifs is 1. The van der Waals surface area contributed by atoms with Gasteiger partial charge in [0.2, 0.25) is 0 Å². The lowest BCUT2D eigenvalue weighted by atomic mass is 10.1. The van der Waals surface area contributed by atoms with E-state index in [1.165, 1.54) is 0 Å². The first kappa shape index (κ1) is 16.9. The Kier molecular flexibility index (Phi) is 4.10. The van der Waals surface area contributed by atoms with E-state index in [1.807, 2.05) is 71.3 Å². The zero-order valence-corrected chi connectivity index (χ0v) is 15.3. The van der Waals surface area contributed by atoms with Crippen LogP contribution >= 0.6 is 0 Å². The summed E-state index contributed by atoms with van der Waals surface area (Å²) in [6.07, 6.45) is 3.36. The number of benzene rings is 2. The smallest absolute Gasteiger partial charge is 0.273 e. The normalized spacial score (nSPS) is 10.9. The molecule has 5 rings (SSSR count). The summed E-state index contributed by atoms with van der Waals surface area (Å²) in [6, 6.07) is 22.9. The Hall–Kier alpha value is -4.26. The van der Waals surface area contributed by atoms with Crippen LogP contribution in [0.5, 0.6) is 0 Å². The largest absolute Gasteiger partial charge is 0.319 e. The zero-order chi connectivity index (χ0) is 19.6. The molecule has 3 heterocycles. The van der Waals surface area contributed by atoms with Gasteiger partial charge < -0.3 is 5.32 Å². The fourth-order valence-corrected chi connectivity index (χ4v) is 3.14. The molecule has 0 fully saturated rings. The second kappa shape index (κ2) is 7.05. The molecule has 7 heteroatoms. The summed E-state index contributed by atoms with van der Waals surface area (Å²) in [4.78, 5) is 21.3. The number of aromatic amines is 1. The number of nitrogens with zero attached hydrogens (tertiary/aromatic N) is 4. The summed E-state index contributed by atoms with van der Waals surface area (Å²) in [5.74, 6) is 0.451. The number of rotatable bonds is 4. The number of aromatic nitrogens is 5. The zero-order valence-electron chi connectivity index (χ0n) is 15.3. The van der Waals surface area contributed by atoms with Gasteiger partial charge in [-0.15, -0.1) is 0 Å². The number of hydrogen-bond donors (Lipinski definition) is 2. The van der Waals surface area contributed by atoms with Gasteiger partial charge in [0.15, 0.2) is 0 Å². The van der Waals surface area contributed by atoms with Crippen LogP contribution in [0.2, 0.25) is 0 Å². The lowest BCUT2D eigenvalue weighted by molar-refractivity contribution is 0.102. The lowest BCUT2D eigenvalue weighted by Gasteiger charge is -2.06. The van der Waals surface area contributed by atoms with Gasteiger partial charge in [-0.25, -0.2) is 9.97 Å². The number of H-pyrrole nitrogens is 1. The van der Waals surface area contributed by atoms with Crippen molar-refractivity contribution in [2.45, 2.75) is 0 Å². The number of amides is 1. The van der Waals surface area contributed by atoms with Crippen LogP contribution in [0, 0.1) is 0 Å². The number of pyridine rings is 1. The average molecular weight is 380 g/mol. The molecule has 0 aliphatic carbocycles. The second-order valence-corrected chi connectivity index (χ2v) is 6.50. The molecule has 0 radical (unpaired) electrons. The van der Waals surface area contributed by atoms with Crippen LogP contribution in [0.1, 0.15) is 10.5 Å². The minimum absolute atomic E-state index is 0.276. The average Bonchev–Trinajstić information content (AvgIpc) is 3.43. The Morgan fingerprint density at radius 3 is 2.59 bits per heavy atom. The molecule has 2 N–H and O–H groups in total. The quantitative estimate of drug-likeness (QED) is 0.492. The van der Waals surface area contributed by atoms with Crippen LogP contribution in [-0.2, 0) is 0 Å².